The minimum Gasteiger partial charge on any atom is -0.383 e. The summed E-state index contributed by atoms with van der Waals surface area (Å²) >= 11 is 5.85. The van der Waals surface area contributed by atoms with E-state index in [4.69, 9.17) is 28.2 Å². The summed E-state index contributed by atoms with van der Waals surface area (Å²) in [6, 6.07) is 9.43. The third kappa shape index (κ3) is 5.09. The average Bonchev–Trinajstić information content (AvgIpc) is 2.77. The molecule has 0 aliphatic heterocycles. The second-order valence-electron chi connectivity index (χ2n) is 7.64. The van der Waals surface area contributed by atoms with Crippen molar-refractivity contribution in [3.05, 3.63) is 53.7 Å². The van der Waals surface area contributed by atoms with Crippen molar-refractivity contribution in [1.29, 1.82) is 10.8 Å². The largest absolute Gasteiger partial charge is 0.399 e. The Balaban J connectivity index is 2.62. The summed E-state index contributed by atoms with van der Waals surface area (Å²) in [6.45, 7) is 3.93. The van der Waals surface area contributed by atoms with Gasteiger partial charge in [0.25, 0.3) is 0 Å². The number of hydrogen-bond acceptors (Lipinski definition) is 5. The number of rotatable bonds is 8. The van der Waals surface area contributed by atoms with Crippen LogP contribution < -0.4 is 10.6 Å². The van der Waals surface area contributed by atoms with Crippen LogP contribution in [0.3, 0.4) is 0 Å². The molecule has 1 aromatic heterocycles. The number of amidine groups is 1. The molecule has 1 aromatic carbocycles. The zero-order valence-electron chi connectivity index (χ0n) is 18.0. The second kappa shape index (κ2) is 10.1. The van der Waals surface area contributed by atoms with Crippen LogP contribution in [-0.4, -0.2) is 35.6 Å². The number of halogens is 4. The van der Waals surface area contributed by atoms with Gasteiger partial charge in [0.1, 0.15) is 17.1 Å². The lowest BCUT2D eigenvalue weighted by Gasteiger charge is -2.36. The van der Waals surface area contributed by atoms with Gasteiger partial charge in [-0.15, -0.1) is 11.6 Å². The summed E-state index contributed by atoms with van der Waals surface area (Å²) in [5, 5.41) is 15.4. The minimum absolute atomic E-state index is 0.126. The third-order valence-electron chi connectivity index (χ3n) is 5.71. The molecule has 0 spiro atoms. The SMILES string of the molecule is C[C@H](/N=C(/c1cccnc1N)N(C=N)c1ccc(CCl)cc1)[C@@H](C)C(C)(C=N)C(F)(F)F. The highest BCUT2D eigenvalue weighted by Crippen LogP contribution is 2.44. The van der Waals surface area contributed by atoms with Crippen LogP contribution in [0.5, 0.6) is 0 Å². The van der Waals surface area contributed by atoms with Crippen LogP contribution in [-0.2, 0) is 5.88 Å². The first-order valence-corrected chi connectivity index (χ1v) is 10.3. The highest BCUT2D eigenvalue weighted by molar-refractivity contribution is 6.20. The number of aliphatic imine (C=N–C) groups is 1. The summed E-state index contributed by atoms with van der Waals surface area (Å²) in [4.78, 5) is 10.0. The van der Waals surface area contributed by atoms with E-state index in [1.54, 1.807) is 43.3 Å². The van der Waals surface area contributed by atoms with Gasteiger partial charge in [-0.3, -0.25) is 15.3 Å². The molecule has 0 radical (unpaired) electrons. The molecule has 10 heteroatoms. The van der Waals surface area contributed by atoms with Gasteiger partial charge in [-0.05, 0) is 49.6 Å². The minimum atomic E-state index is -4.62. The first-order valence-electron chi connectivity index (χ1n) is 9.81. The van der Waals surface area contributed by atoms with E-state index < -0.39 is 23.6 Å². The van der Waals surface area contributed by atoms with E-state index in [0.29, 0.717) is 23.3 Å². The molecule has 32 heavy (non-hydrogen) atoms. The monoisotopic (exact) mass is 466 g/mol. The molecular formula is C22H26ClF3N6. The number of nitrogens with one attached hydrogen (secondary N) is 2. The Bertz CT molecular complexity index is 976. The maximum absolute atomic E-state index is 13.7. The molecule has 0 fully saturated rings. The summed E-state index contributed by atoms with van der Waals surface area (Å²) in [7, 11) is 0. The highest BCUT2D eigenvalue weighted by atomic mass is 35.5. The van der Waals surface area contributed by atoms with Gasteiger partial charge >= 0.3 is 6.18 Å². The van der Waals surface area contributed by atoms with Gasteiger partial charge in [-0.2, -0.15) is 13.2 Å². The van der Waals surface area contributed by atoms with Crippen LogP contribution in [0, 0.1) is 22.2 Å². The van der Waals surface area contributed by atoms with E-state index in [1.807, 2.05) is 0 Å². The van der Waals surface area contributed by atoms with Crippen molar-refractivity contribution in [2.24, 2.45) is 16.3 Å². The van der Waals surface area contributed by atoms with E-state index in [2.05, 4.69) is 9.98 Å². The Labute approximate surface area is 190 Å². The Morgan fingerprint density at radius 2 is 1.84 bits per heavy atom. The smallest absolute Gasteiger partial charge is 0.383 e. The molecule has 0 aliphatic rings. The van der Waals surface area contributed by atoms with E-state index in [9.17, 15) is 13.2 Å². The number of anilines is 2. The van der Waals surface area contributed by atoms with E-state index in [-0.39, 0.29) is 11.7 Å². The first kappa shape index (κ1) is 25.3. The molecule has 0 saturated heterocycles. The molecule has 0 amide bonds. The fourth-order valence-corrected chi connectivity index (χ4v) is 3.33. The number of hydrogen-bond donors (Lipinski definition) is 3. The predicted octanol–water partition coefficient (Wildman–Crippen LogP) is 5.51. The number of nitrogens with two attached hydrogens (primary N) is 1. The molecule has 0 aliphatic carbocycles. The molecular weight excluding hydrogens is 441 g/mol. The Kier molecular flexibility index (Phi) is 8.01. The molecule has 2 rings (SSSR count). The fourth-order valence-electron chi connectivity index (χ4n) is 3.15. The first-order chi connectivity index (χ1) is 15.0. The summed E-state index contributed by atoms with van der Waals surface area (Å²) in [5.74, 6) is -0.451. The molecule has 1 heterocycles. The van der Waals surface area contributed by atoms with Gasteiger partial charge in [0.05, 0.1) is 17.9 Å². The summed E-state index contributed by atoms with van der Waals surface area (Å²) in [5.41, 5.74) is 5.47. The molecule has 0 saturated carbocycles. The van der Waals surface area contributed by atoms with Gasteiger partial charge < -0.3 is 11.1 Å². The summed E-state index contributed by atoms with van der Waals surface area (Å²) in [6.07, 6.45) is -1.70. The van der Waals surface area contributed by atoms with Crippen molar-refractivity contribution in [2.45, 2.75) is 38.9 Å². The zero-order chi connectivity index (χ0) is 24.1. The lowest BCUT2D eigenvalue weighted by Crippen LogP contribution is -2.46. The van der Waals surface area contributed by atoms with Crippen molar-refractivity contribution in [3.8, 4) is 0 Å². The van der Waals surface area contributed by atoms with Crippen molar-refractivity contribution in [1.82, 2.24) is 4.98 Å². The molecule has 1 unspecified atom stereocenters. The zero-order valence-corrected chi connectivity index (χ0v) is 18.7. The Morgan fingerprint density at radius 1 is 1.22 bits per heavy atom. The number of nitrogens with zero attached hydrogens (tertiary/aromatic N) is 3. The number of benzene rings is 1. The van der Waals surface area contributed by atoms with E-state index >= 15 is 0 Å². The van der Waals surface area contributed by atoms with Gasteiger partial charge in [0.15, 0.2) is 0 Å². The van der Waals surface area contributed by atoms with Crippen LogP contribution in [0.2, 0.25) is 0 Å². The fraction of sp³-hybridized carbons (Fsp3) is 0.364. The molecule has 4 N–H and O–H groups in total. The van der Waals surface area contributed by atoms with Crippen molar-refractivity contribution >= 4 is 41.5 Å². The van der Waals surface area contributed by atoms with Crippen molar-refractivity contribution < 1.29 is 13.2 Å². The number of alkyl halides is 4. The average molecular weight is 467 g/mol. The Morgan fingerprint density at radius 3 is 2.31 bits per heavy atom. The maximum Gasteiger partial charge on any atom is 0.399 e. The lowest BCUT2D eigenvalue weighted by atomic mass is 9.75. The summed E-state index contributed by atoms with van der Waals surface area (Å²) < 4.78 is 41.1. The van der Waals surface area contributed by atoms with Crippen LogP contribution in [0.15, 0.2) is 47.6 Å². The molecule has 6 nitrogen and oxygen atoms in total. The number of aromatic nitrogens is 1. The van der Waals surface area contributed by atoms with Gasteiger partial charge in [0.2, 0.25) is 0 Å². The van der Waals surface area contributed by atoms with Crippen LogP contribution >= 0.6 is 11.6 Å². The quantitative estimate of drug-likeness (QED) is 0.271. The van der Waals surface area contributed by atoms with Crippen LogP contribution in [0.4, 0.5) is 24.7 Å². The molecule has 2 aromatic rings. The lowest BCUT2D eigenvalue weighted by molar-refractivity contribution is -0.206. The molecule has 0 bridgehead atoms. The normalized spacial score (nSPS) is 16.0. The van der Waals surface area contributed by atoms with Gasteiger partial charge in [0, 0.05) is 24.0 Å². The second-order valence-corrected chi connectivity index (χ2v) is 7.91. The standard InChI is InChI=1S/C22H26ClF3N6/c1-14(21(3,12-27)22(24,25)26)15(2)31-20(18-5-4-10-30-19(18)29)32(13-28)17-8-6-16(11-23)7-9-17/h4-10,12-15,27-28H,11H2,1-3H3,(H2,29,30)/b27-12?,28-13?,31-20-/t14-,15+,21?/m1/s1. The molecule has 3 atom stereocenters. The Hall–Kier alpha value is -2.94. The third-order valence-corrected chi connectivity index (χ3v) is 6.02. The topological polar surface area (TPSA) is 102 Å². The van der Waals surface area contributed by atoms with Crippen molar-refractivity contribution in [3.63, 3.8) is 0 Å². The van der Waals surface area contributed by atoms with Crippen LogP contribution in [0.25, 0.3) is 0 Å². The van der Waals surface area contributed by atoms with Gasteiger partial charge in [-0.1, -0.05) is 19.1 Å². The maximum atomic E-state index is 13.7. The predicted molar refractivity (Wildman–Crippen MR) is 124 cm³/mol. The van der Waals surface area contributed by atoms with Crippen molar-refractivity contribution in [2.75, 3.05) is 10.6 Å². The molecule has 172 valence electrons. The highest BCUT2D eigenvalue weighted by Gasteiger charge is 2.54. The van der Waals surface area contributed by atoms with E-state index in [0.717, 1.165) is 18.8 Å². The number of nitrogen functional groups attached to an aromatic ring is 1. The van der Waals surface area contributed by atoms with Gasteiger partial charge in [-0.25, -0.2) is 4.98 Å². The van der Waals surface area contributed by atoms with Crippen LogP contribution in [0.1, 0.15) is 31.9 Å². The number of pyridine rings is 1. The van der Waals surface area contributed by atoms with E-state index in [1.165, 1.54) is 18.0 Å².